The number of benzene rings is 2. The summed E-state index contributed by atoms with van der Waals surface area (Å²) in [4.78, 5) is 10.4. The van der Waals surface area contributed by atoms with Gasteiger partial charge in [-0.3, -0.25) is 10.1 Å². The van der Waals surface area contributed by atoms with Gasteiger partial charge in [0.25, 0.3) is 5.69 Å². The number of ether oxygens (including phenoxy) is 1. The van der Waals surface area contributed by atoms with E-state index in [1.807, 2.05) is 42.5 Å². The fourth-order valence-electron chi connectivity index (χ4n) is 2.09. The highest BCUT2D eigenvalue weighted by atomic mass is 16.6. The maximum absolute atomic E-state index is 10.8. The molecule has 2 aromatic carbocycles. The molecule has 1 aliphatic rings. The maximum Gasteiger partial charge on any atom is 0.269 e. The Hall–Kier alpha value is -2.62. The van der Waals surface area contributed by atoms with Gasteiger partial charge in [0, 0.05) is 23.3 Å². The molecule has 0 radical (unpaired) electrons. The molecule has 1 atom stereocenters. The Bertz CT molecular complexity index is 664. The zero-order chi connectivity index (χ0) is 13.2. The topological polar surface area (TPSA) is 52.4 Å². The van der Waals surface area contributed by atoms with Gasteiger partial charge in [-0.05, 0) is 12.1 Å². The van der Waals surface area contributed by atoms with Gasteiger partial charge in [0.2, 0.25) is 0 Å². The van der Waals surface area contributed by atoms with Gasteiger partial charge in [-0.2, -0.15) is 0 Å². The van der Waals surface area contributed by atoms with Crippen molar-refractivity contribution in [2.24, 2.45) is 0 Å². The zero-order valence-corrected chi connectivity index (χ0v) is 10.0. The first-order valence-electron chi connectivity index (χ1n) is 5.92. The normalized spacial score (nSPS) is 16.5. The Morgan fingerprint density at radius 1 is 1.11 bits per heavy atom. The minimum Gasteiger partial charge on any atom is -0.481 e. The third kappa shape index (κ3) is 2.20. The van der Waals surface area contributed by atoms with Crippen molar-refractivity contribution >= 4 is 11.8 Å². The molecule has 0 amide bonds. The lowest BCUT2D eigenvalue weighted by atomic mass is 10.0. The highest BCUT2D eigenvalue weighted by molar-refractivity contribution is 5.60. The van der Waals surface area contributed by atoms with E-state index in [2.05, 4.69) is 0 Å². The molecule has 19 heavy (non-hydrogen) atoms. The summed E-state index contributed by atoms with van der Waals surface area (Å²) in [5.41, 5.74) is 1.87. The van der Waals surface area contributed by atoms with Gasteiger partial charge in [-0.1, -0.05) is 36.4 Å². The van der Waals surface area contributed by atoms with E-state index in [1.165, 1.54) is 6.07 Å². The zero-order valence-electron chi connectivity index (χ0n) is 10.0. The third-order valence-electron chi connectivity index (χ3n) is 3.03. The molecule has 0 aliphatic carbocycles. The van der Waals surface area contributed by atoms with E-state index in [0.29, 0.717) is 0 Å². The molecular weight excluding hydrogens is 242 g/mol. The number of nitro benzene ring substituents is 1. The minimum absolute atomic E-state index is 0.0772. The fraction of sp³-hybridized carbons (Fsp3) is 0.0667. The molecule has 0 spiro atoms. The Morgan fingerprint density at radius 2 is 1.95 bits per heavy atom. The van der Waals surface area contributed by atoms with Crippen LogP contribution in [0, 0.1) is 10.1 Å². The molecule has 3 rings (SSSR count). The van der Waals surface area contributed by atoms with Gasteiger partial charge in [-0.15, -0.1) is 0 Å². The Kier molecular flexibility index (Phi) is 2.76. The number of hydrogen-bond acceptors (Lipinski definition) is 3. The van der Waals surface area contributed by atoms with Crippen molar-refractivity contribution in [2.45, 2.75) is 6.10 Å². The van der Waals surface area contributed by atoms with Crippen LogP contribution in [-0.2, 0) is 0 Å². The number of hydrogen-bond donors (Lipinski definition) is 0. The standard InChI is InChI=1S/C15H11NO3/c17-16(18)13-6-3-5-12(10-13)15-9-8-11-4-1-2-7-14(11)19-15/h1-10,15H/t15-/m0/s1. The minimum atomic E-state index is -0.399. The highest BCUT2D eigenvalue weighted by Gasteiger charge is 2.18. The van der Waals surface area contributed by atoms with Crippen LogP contribution in [0.5, 0.6) is 5.75 Å². The van der Waals surface area contributed by atoms with Crippen LogP contribution in [0.25, 0.3) is 6.08 Å². The van der Waals surface area contributed by atoms with Gasteiger partial charge in [0.1, 0.15) is 11.9 Å². The van der Waals surface area contributed by atoms with Gasteiger partial charge in [-0.25, -0.2) is 0 Å². The summed E-state index contributed by atoms with van der Waals surface area (Å²) in [6.07, 6.45) is 3.60. The Balaban J connectivity index is 1.93. The van der Waals surface area contributed by atoms with Crippen molar-refractivity contribution in [1.82, 2.24) is 0 Å². The first-order chi connectivity index (χ1) is 9.24. The number of nitrogens with zero attached hydrogens (tertiary/aromatic N) is 1. The lowest BCUT2D eigenvalue weighted by Crippen LogP contribution is -2.08. The molecular formula is C15H11NO3. The molecule has 1 aliphatic heterocycles. The summed E-state index contributed by atoms with van der Waals surface area (Å²) in [6.45, 7) is 0. The van der Waals surface area contributed by atoms with E-state index in [1.54, 1.807) is 12.1 Å². The summed E-state index contributed by atoms with van der Waals surface area (Å²) in [7, 11) is 0. The first kappa shape index (κ1) is 11.5. The molecule has 4 heteroatoms. The summed E-state index contributed by atoms with van der Waals surface area (Å²) in [5.74, 6) is 0.793. The summed E-state index contributed by atoms with van der Waals surface area (Å²) in [5, 5.41) is 10.8. The molecule has 0 saturated heterocycles. The molecule has 94 valence electrons. The van der Waals surface area contributed by atoms with E-state index in [0.717, 1.165) is 16.9 Å². The van der Waals surface area contributed by atoms with Gasteiger partial charge < -0.3 is 4.74 Å². The lowest BCUT2D eigenvalue weighted by Gasteiger charge is -2.21. The van der Waals surface area contributed by atoms with Crippen molar-refractivity contribution in [3.8, 4) is 5.75 Å². The molecule has 0 saturated carbocycles. The molecule has 0 N–H and O–H groups in total. The van der Waals surface area contributed by atoms with Crippen LogP contribution in [0.1, 0.15) is 17.2 Å². The SMILES string of the molecule is O=[N+]([O-])c1cccc([C@@H]2C=Cc3ccccc3O2)c1. The number of non-ortho nitro benzene ring substituents is 1. The predicted octanol–water partition coefficient (Wildman–Crippen LogP) is 3.74. The van der Waals surface area contributed by atoms with E-state index >= 15 is 0 Å². The smallest absolute Gasteiger partial charge is 0.269 e. The summed E-state index contributed by atoms with van der Waals surface area (Å²) >= 11 is 0. The predicted molar refractivity (Wildman–Crippen MR) is 71.9 cm³/mol. The second-order valence-electron chi connectivity index (χ2n) is 4.29. The Morgan fingerprint density at radius 3 is 2.79 bits per heavy atom. The van der Waals surface area contributed by atoms with Crippen LogP contribution in [0.4, 0.5) is 5.69 Å². The maximum atomic E-state index is 10.8. The molecule has 0 aromatic heterocycles. The van der Waals surface area contributed by atoms with Crippen molar-refractivity contribution in [1.29, 1.82) is 0 Å². The molecule has 2 aromatic rings. The largest absolute Gasteiger partial charge is 0.481 e. The monoisotopic (exact) mass is 253 g/mol. The van der Waals surface area contributed by atoms with Crippen molar-refractivity contribution in [2.75, 3.05) is 0 Å². The van der Waals surface area contributed by atoms with Crippen LogP contribution in [0.15, 0.2) is 54.6 Å². The van der Waals surface area contributed by atoms with Crippen molar-refractivity contribution in [3.63, 3.8) is 0 Å². The molecule has 0 unspecified atom stereocenters. The van der Waals surface area contributed by atoms with Gasteiger partial charge in [0.15, 0.2) is 0 Å². The number of rotatable bonds is 2. The first-order valence-corrected chi connectivity index (χ1v) is 5.92. The summed E-state index contributed by atoms with van der Waals surface area (Å²) in [6, 6.07) is 14.2. The average Bonchev–Trinajstić information content (AvgIpc) is 2.47. The van der Waals surface area contributed by atoms with E-state index in [9.17, 15) is 10.1 Å². The lowest BCUT2D eigenvalue weighted by molar-refractivity contribution is -0.385. The van der Waals surface area contributed by atoms with Gasteiger partial charge >= 0.3 is 0 Å². The molecule has 1 heterocycles. The van der Waals surface area contributed by atoms with Crippen molar-refractivity contribution < 1.29 is 9.66 Å². The fourth-order valence-corrected chi connectivity index (χ4v) is 2.09. The molecule has 0 fully saturated rings. The van der Waals surface area contributed by atoms with E-state index in [-0.39, 0.29) is 11.8 Å². The summed E-state index contributed by atoms with van der Waals surface area (Å²) < 4.78 is 5.84. The van der Waals surface area contributed by atoms with Crippen LogP contribution in [0.3, 0.4) is 0 Å². The number of para-hydroxylation sites is 1. The van der Waals surface area contributed by atoms with Gasteiger partial charge in [0.05, 0.1) is 4.92 Å². The molecule has 0 bridgehead atoms. The van der Waals surface area contributed by atoms with Crippen LogP contribution in [0.2, 0.25) is 0 Å². The number of fused-ring (bicyclic) bond motifs is 1. The van der Waals surface area contributed by atoms with Crippen molar-refractivity contribution in [3.05, 3.63) is 75.8 Å². The van der Waals surface area contributed by atoms with Crippen LogP contribution in [-0.4, -0.2) is 4.92 Å². The second kappa shape index (κ2) is 4.57. The highest BCUT2D eigenvalue weighted by Crippen LogP contribution is 2.33. The van der Waals surface area contributed by atoms with E-state index in [4.69, 9.17) is 4.74 Å². The number of nitro groups is 1. The Labute approximate surface area is 110 Å². The van der Waals surface area contributed by atoms with E-state index < -0.39 is 4.92 Å². The quantitative estimate of drug-likeness (QED) is 0.605. The average molecular weight is 253 g/mol. The van der Waals surface area contributed by atoms with Crippen LogP contribution >= 0.6 is 0 Å². The third-order valence-corrected chi connectivity index (χ3v) is 3.03. The molecule has 4 nitrogen and oxygen atoms in total. The second-order valence-corrected chi connectivity index (χ2v) is 4.29. The van der Waals surface area contributed by atoms with Crippen LogP contribution < -0.4 is 4.74 Å².